The number of hydrogen-bond acceptors (Lipinski definition) is 1. The van der Waals surface area contributed by atoms with Gasteiger partial charge in [-0.05, 0) is 30.0 Å². The normalized spacial score (nSPS) is 10.3. The molecule has 0 aliphatic carbocycles. The predicted octanol–water partition coefficient (Wildman–Crippen LogP) is 3.31. The van der Waals surface area contributed by atoms with Crippen molar-refractivity contribution < 1.29 is 14.3 Å². The molecule has 0 saturated carbocycles. The van der Waals surface area contributed by atoms with Crippen molar-refractivity contribution in [3.63, 3.8) is 0 Å². The van der Waals surface area contributed by atoms with E-state index >= 15 is 0 Å². The molecular weight excluding hydrogens is 231 g/mol. The molecule has 0 amide bonds. The first-order valence-corrected chi connectivity index (χ1v) is 5.73. The summed E-state index contributed by atoms with van der Waals surface area (Å²) < 4.78 is 13.8. The molecule has 18 heavy (non-hydrogen) atoms. The van der Waals surface area contributed by atoms with Crippen LogP contribution in [0.5, 0.6) is 0 Å². The summed E-state index contributed by atoms with van der Waals surface area (Å²) >= 11 is 0. The molecule has 0 atom stereocenters. The van der Waals surface area contributed by atoms with Crippen molar-refractivity contribution in [2.75, 3.05) is 0 Å². The molecule has 0 unspecified atom stereocenters. The number of halogens is 1. The van der Waals surface area contributed by atoms with Crippen molar-refractivity contribution in [1.82, 2.24) is 0 Å². The van der Waals surface area contributed by atoms with E-state index in [1.54, 1.807) is 12.1 Å². The second-order valence-electron chi connectivity index (χ2n) is 4.07. The standard InChI is InChI=1S/C15H13FO2/c16-14-12(7-4-8-13(14)15(17)18)10-9-11-5-2-1-3-6-11/h1-8H,9-10H2,(H,17,18). The first-order valence-electron chi connectivity index (χ1n) is 5.73. The Bertz CT molecular complexity index is 550. The molecule has 2 aromatic rings. The van der Waals surface area contributed by atoms with Crippen LogP contribution in [0.25, 0.3) is 0 Å². The maximum atomic E-state index is 13.8. The quantitative estimate of drug-likeness (QED) is 0.895. The van der Waals surface area contributed by atoms with Gasteiger partial charge in [-0.1, -0.05) is 42.5 Å². The van der Waals surface area contributed by atoms with Crippen LogP contribution in [0.1, 0.15) is 21.5 Å². The molecule has 2 rings (SSSR count). The minimum absolute atomic E-state index is 0.263. The first-order chi connectivity index (χ1) is 8.68. The summed E-state index contributed by atoms with van der Waals surface area (Å²) in [5.74, 6) is -1.85. The fourth-order valence-corrected chi connectivity index (χ4v) is 1.86. The van der Waals surface area contributed by atoms with E-state index in [1.165, 1.54) is 6.07 Å². The lowest BCUT2D eigenvalue weighted by Crippen LogP contribution is -2.04. The molecule has 0 fully saturated rings. The van der Waals surface area contributed by atoms with Crippen molar-refractivity contribution >= 4 is 5.97 Å². The van der Waals surface area contributed by atoms with Gasteiger partial charge in [0.2, 0.25) is 0 Å². The summed E-state index contributed by atoms with van der Waals surface area (Å²) in [6, 6.07) is 14.2. The first kappa shape index (κ1) is 12.3. The Kier molecular flexibility index (Phi) is 3.72. The summed E-state index contributed by atoms with van der Waals surface area (Å²) in [4.78, 5) is 10.8. The Labute approximate surface area is 105 Å². The highest BCUT2D eigenvalue weighted by molar-refractivity contribution is 5.88. The molecular formula is C15H13FO2. The van der Waals surface area contributed by atoms with Crippen LogP contribution in [-0.4, -0.2) is 11.1 Å². The van der Waals surface area contributed by atoms with Crippen molar-refractivity contribution in [1.29, 1.82) is 0 Å². The molecule has 0 heterocycles. The van der Waals surface area contributed by atoms with E-state index in [0.29, 0.717) is 18.4 Å². The van der Waals surface area contributed by atoms with Crippen molar-refractivity contribution in [3.05, 3.63) is 71.0 Å². The Morgan fingerprint density at radius 1 is 1.00 bits per heavy atom. The Morgan fingerprint density at radius 2 is 1.72 bits per heavy atom. The third kappa shape index (κ3) is 2.74. The van der Waals surface area contributed by atoms with Gasteiger partial charge in [-0.25, -0.2) is 9.18 Å². The molecule has 2 nitrogen and oxygen atoms in total. The van der Waals surface area contributed by atoms with Crippen LogP contribution >= 0.6 is 0 Å². The van der Waals surface area contributed by atoms with E-state index in [1.807, 2.05) is 30.3 Å². The monoisotopic (exact) mass is 244 g/mol. The maximum absolute atomic E-state index is 13.8. The molecule has 0 saturated heterocycles. The van der Waals surface area contributed by atoms with Crippen LogP contribution in [0.15, 0.2) is 48.5 Å². The van der Waals surface area contributed by atoms with Crippen LogP contribution in [0.3, 0.4) is 0 Å². The summed E-state index contributed by atoms with van der Waals surface area (Å²) in [7, 11) is 0. The second kappa shape index (κ2) is 5.45. The van der Waals surface area contributed by atoms with Gasteiger partial charge in [-0.2, -0.15) is 0 Å². The molecule has 92 valence electrons. The number of carbonyl (C=O) groups is 1. The minimum Gasteiger partial charge on any atom is -0.478 e. The number of benzene rings is 2. The molecule has 0 radical (unpaired) electrons. The van der Waals surface area contributed by atoms with Gasteiger partial charge in [-0.15, -0.1) is 0 Å². The van der Waals surface area contributed by atoms with E-state index < -0.39 is 11.8 Å². The molecule has 2 aromatic carbocycles. The van der Waals surface area contributed by atoms with Gasteiger partial charge in [0.1, 0.15) is 5.82 Å². The highest BCUT2D eigenvalue weighted by Gasteiger charge is 2.13. The lowest BCUT2D eigenvalue weighted by Gasteiger charge is -2.05. The van der Waals surface area contributed by atoms with Crippen LogP contribution < -0.4 is 0 Å². The largest absolute Gasteiger partial charge is 0.478 e. The zero-order valence-corrected chi connectivity index (χ0v) is 9.77. The van der Waals surface area contributed by atoms with Gasteiger partial charge in [0.15, 0.2) is 0 Å². The molecule has 0 aromatic heterocycles. The molecule has 3 heteroatoms. The fraction of sp³-hybridized carbons (Fsp3) is 0.133. The SMILES string of the molecule is O=C(O)c1cccc(CCc2ccccc2)c1F. The van der Waals surface area contributed by atoms with E-state index in [0.717, 1.165) is 5.56 Å². The number of carboxylic acids is 1. The smallest absolute Gasteiger partial charge is 0.338 e. The number of aromatic carboxylic acids is 1. The van der Waals surface area contributed by atoms with Gasteiger partial charge >= 0.3 is 5.97 Å². The summed E-state index contributed by atoms with van der Waals surface area (Å²) in [5.41, 5.74) is 1.29. The fourth-order valence-electron chi connectivity index (χ4n) is 1.86. The molecule has 0 bridgehead atoms. The maximum Gasteiger partial charge on any atom is 0.338 e. The topological polar surface area (TPSA) is 37.3 Å². The van der Waals surface area contributed by atoms with Crippen molar-refractivity contribution in [2.45, 2.75) is 12.8 Å². The summed E-state index contributed by atoms with van der Waals surface area (Å²) in [6.45, 7) is 0. The molecule has 0 spiro atoms. The highest BCUT2D eigenvalue weighted by atomic mass is 19.1. The van der Waals surface area contributed by atoms with Crippen LogP contribution in [0.4, 0.5) is 4.39 Å². The number of carboxylic acid groups (broad SMARTS) is 1. The lowest BCUT2D eigenvalue weighted by molar-refractivity contribution is 0.0691. The van der Waals surface area contributed by atoms with E-state index in [2.05, 4.69) is 0 Å². The molecule has 0 aliphatic heterocycles. The van der Waals surface area contributed by atoms with Crippen LogP contribution in [0.2, 0.25) is 0 Å². The molecule has 0 aliphatic rings. The molecule has 1 N–H and O–H groups in total. The predicted molar refractivity (Wildman–Crippen MR) is 67.2 cm³/mol. The third-order valence-electron chi connectivity index (χ3n) is 2.83. The van der Waals surface area contributed by atoms with Crippen LogP contribution in [-0.2, 0) is 12.8 Å². The summed E-state index contributed by atoms with van der Waals surface area (Å²) in [5, 5.41) is 8.84. The third-order valence-corrected chi connectivity index (χ3v) is 2.83. The Balaban J connectivity index is 2.15. The zero-order valence-electron chi connectivity index (χ0n) is 9.77. The summed E-state index contributed by atoms with van der Waals surface area (Å²) in [6.07, 6.45) is 1.19. The Hall–Kier alpha value is -2.16. The van der Waals surface area contributed by atoms with E-state index in [4.69, 9.17) is 5.11 Å². The average Bonchev–Trinajstić information content (AvgIpc) is 2.38. The second-order valence-corrected chi connectivity index (χ2v) is 4.07. The van der Waals surface area contributed by atoms with Crippen molar-refractivity contribution in [3.8, 4) is 0 Å². The lowest BCUT2D eigenvalue weighted by atomic mass is 10.0. The average molecular weight is 244 g/mol. The van der Waals surface area contributed by atoms with Gasteiger partial charge in [0.25, 0.3) is 0 Å². The number of hydrogen-bond donors (Lipinski definition) is 1. The zero-order chi connectivity index (χ0) is 13.0. The van der Waals surface area contributed by atoms with E-state index in [-0.39, 0.29) is 5.56 Å². The van der Waals surface area contributed by atoms with Crippen molar-refractivity contribution in [2.24, 2.45) is 0 Å². The van der Waals surface area contributed by atoms with Crippen LogP contribution in [0, 0.1) is 5.82 Å². The van der Waals surface area contributed by atoms with Gasteiger partial charge in [0, 0.05) is 0 Å². The number of aryl methyl sites for hydroxylation is 2. The van der Waals surface area contributed by atoms with E-state index in [9.17, 15) is 9.18 Å². The van der Waals surface area contributed by atoms with Gasteiger partial charge < -0.3 is 5.11 Å². The highest BCUT2D eigenvalue weighted by Crippen LogP contribution is 2.15. The van der Waals surface area contributed by atoms with Gasteiger partial charge in [0.05, 0.1) is 5.56 Å². The Morgan fingerprint density at radius 3 is 2.39 bits per heavy atom. The van der Waals surface area contributed by atoms with Gasteiger partial charge in [-0.3, -0.25) is 0 Å². The number of rotatable bonds is 4. The minimum atomic E-state index is -1.23.